The number of alkyl carbamates (subject to hydrolysis) is 1. The van der Waals surface area contributed by atoms with Crippen LogP contribution in [0.15, 0.2) is 48.6 Å². The summed E-state index contributed by atoms with van der Waals surface area (Å²) in [6.45, 7) is 15.3. The van der Waals surface area contributed by atoms with Gasteiger partial charge in [-0.25, -0.2) is 9.59 Å². The number of nitrogens with one attached hydrogen (secondary N) is 5. The number of methoxy groups -OCH3 is 1. The molecule has 11 rings (SSSR count). The molecule has 22 nitrogen and oxygen atoms in total. The fraction of sp³-hybridized carbons (Fsp3) is 0.754. The molecule has 21 atom stereocenters. The normalized spacial score (nSPS) is 37.7. The summed E-state index contributed by atoms with van der Waals surface area (Å²) in [7, 11) is 3.30. The molecule has 10 heterocycles. The van der Waals surface area contributed by atoms with Crippen molar-refractivity contribution in [3.63, 3.8) is 0 Å². The van der Waals surface area contributed by atoms with E-state index in [4.69, 9.17) is 53.1 Å². The van der Waals surface area contributed by atoms with Crippen LogP contribution >= 0.6 is 0 Å². The topological polar surface area (TPSA) is 284 Å². The Morgan fingerprint density at radius 1 is 0.783 bits per heavy atom. The Kier molecular flexibility index (Phi) is 20.0. The third-order valence-corrected chi connectivity index (χ3v) is 18.9. The van der Waals surface area contributed by atoms with Gasteiger partial charge >= 0.3 is 12.1 Å². The van der Waals surface area contributed by atoms with E-state index in [1.54, 1.807) is 38.4 Å². The Balaban J connectivity index is 0.744. The molecule has 460 valence electrons. The number of hydrogen-bond donors (Lipinski definition) is 7. The van der Waals surface area contributed by atoms with Crippen LogP contribution in [0, 0.1) is 17.8 Å². The third-order valence-electron chi connectivity index (χ3n) is 18.9. The number of Topliss-reactive ketones (excluding diaryl/α,β-unsaturated/α-hetero) is 1. The molecule has 0 aromatic heterocycles. The Morgan fingerprint density at radius 3 is 2.28 bits per heavy atom. The summed E-state index contributed by atoms with van der Waals surface area (Å²) in [6, 6.07) is 4.66. The number of anilines is 1. The molecule has 10 fully saturated rings. The van der Waals surface area contributed by atoms with Crippen LogP contribution in [0.25, 0.3) is 0 Å². The zero-order chi connectivity index (χ0) is 58.7. The molecule has 10 aliphatic heterocycles. The molecule has 22 heteroatoms. The number of primary amides is 1. The van der Waals surface area contributed by atoms with Gasteiger partial charge in [0.15, 0.2) is 5.79 Å². The molecule has 5 amide bonds. The molecule has 0 unspecified atom stereocenters. The number of ketones is 1. The molecule has 1 aromatic carbocycles. The number of carbonyl (C=O) groups is 5. The van der Waals surface area contributed by atoms with E-state index < -0.39 is 72.5 Å². The van der Waals surface area contributed by atoms with Crippen molar-refractivity contribution < 1.29 is 76.4 Å². The number of aliphatic hydroxyl groups is 1. The summed E-state index contributed by atoms with van der Waals surface area (Å²) in [6.07, 6.45) is 2.65. The lowest BCUT2D eigenvalue weighted by atomic mass is 9.81. The molecule has 8 N–H and O–H groups in total. The minimum absolute atomic E-state index is 0.00484. The molecule has 10 saturated heterocycles. The fourth-order valence-electron chi connectivity index (χ4n) is 14.6. The highest BCUT2D eigenvalue weighted by Gasteiger charge is 2.69. The number of rotatable bonds is 18. The lowest BCUT2D eigenvalue weighted by Crippen LogP contribution is -2.61. The van der Waals surface area contributed by atoms with Gasteiger partial charge in [-0.1, -0.05) is 46.1 Å². The molecule has 0 aliphatic carbocycles. The predicted molar refractivity (Wildman–Crippen MR) is 302 cm³/mol. The average molecular weight is 1160 g/mol. The smallest absolute Gasteiger partial charge is 0.407 e. The van der Waals surface area contributed by atoms with E-state index in [2.05, 4.69) is 46.7 Å². The molecular formula is C61H90N6O16. The predicted octanol–water partition coefficient (Wildman–Crippen LogP) is 4.91. The van der Waals surface area contributed by atoms with Crippen molar-refractivity contribution in [1.29, 1.82) is 0 Å². The highest BCUT2D eigenvalue weighted by molar-refractivity contribution is 5.98. The lowest BCUT2D eigenvalue weighted by molar-refractivity contribution is -0.292. The van der Waals surface area contributed by atoms with Gasteiger partial charge in [0.1, 0.15) is 49.0 Å². The number of amides is 5. The van der Waals surface area contributed by atoms with E-state index in [0.29, 0.717) is 43.4 Å². The summed E-state index contributed by atoms with van der Waals surface area (Å²) >= 11 is 0. The van der Waals surface area contributed by atoms with E-state index in [-0.39, 0.29) is 142 Å². The van der Waals surface area contributed by atoms with Crippen LogP contribution in [0.3, 0.4) is 0 Å². The summed E-state index contributed by atoms with van der Waals surface area (Å²) in [4.78, 5) is 65.0. The zero-order valence-corrected chi connectivity index (χ0v) is 48.9. The second-order valence-electron chi connectivity index (χ2n) is 25.2. The number of benzene rings is 1. The Bertz CT molecular complexity index is 2490. The van der Waals surface area contributed by atoms with Gasteiger partial charge in [0.05, 0.1) is 73.2 Å². The first kappa shape index (κ1) is 61.5. The maximum absolute atomic E-state index is 14.5. The van der Waals surface area contributed by atoms with Crippen LogP contribution in [-0.4, -0.2) is 178 Å². The van der Waals surface area contributed by atoms with Gasteiger partial charge in [0, 0.05) is 70.3 Å². The summed E-state index contributed by atoms with van der Waals surface area (Å²) in [5.41, 5.74) is 8.40. The largest absolute Gasteiger partial charge is 0.445 e. The van der Waals surface area contributed by atoms with Crippen LogP contribution in [-0.2, 0) is 68.4 Å². The number of aliphatic hydroxyl groups excluding tert-OH is 1. The number of hydrogen-bond acceptors (Lipinski definition) is 17. The number of fused-ring (bicyclic) bond motifs is 6. The maximum atomic E-state index is 14.5. The van der Waals surface area contributed by atoms with Crippen LogP contribution in [0.4, 0.5) is 15.3 Å². The van der Waals surface area contributed by atoms with E-state index >= 15 is 0 Å². The second-order valence-corrected chi connectivity index (χ2v) is 25.2. The van der Waals surface area contributed by atoms with Gasteiger partial charge in [-0.15, -0.1) is 0 Å². The Hall–Kier alpha value is -4.59. The van der Waals surface area contributed by atoms with E-state index in [0.717, 1.165) is 49.7 Å². The van der Waals surface area contributed by atoms with Gasteiger partial charge < -0.3 is 84.8 Å². The lowest BCUT2D eigenvalue weighted by Gasteiger charge is -2.47. The monoisotopic (exact) mass is 1160 g/mol. The quantitative estimate of drug-likeness (QED) is 0.0759. The van der Waals surface area contributed by atoms with Crippen molar-refractivity contribution in [1.82, 2.24) is 21.3 Å². The molecule has 1 aromatic rings. The van der Waals surface area contributed by atoms with Crippen LogP contribution < -0.4 is 32.3 Å². The Morgan fingerprint density at radius 2 is 1.52 bits per heavy atom. The van der Waals surface area contributed by atoms with Crippen molar-refractivity contribution >= 4 is 35.4 Å². The molecule has 1 spiro atoms. The van der Waals surface area contributed by atoms with Gasteiger partial charge in [0.2, 0.25) is 11.8 Å². The second kappa shape index (κ2) is 27.0. The summed E-state index contributed by atoms with van der Waals surface area (Å²) < 4.78 is 66.3. The van der Waals surface area contributed by atoms with Crippen LogP contribution in [0.1, 0.15) is 129 Å². The minimum atomic E-state index is -0.898. The average Bonchev–Trinajstić information content (AvgIpc) is 2.17. The summed E-state index contributed by atoms with van der Waals surface area (Å²) in [5.74, 6) is -1.76. The molecule has 0 saturated carbocycles. The van der Waals surface area contributed by atoms with Crippen molar-refractivity contribution in [2.24, 2.45) is 23.5 Å². The number of ether oxygens (including phenoxy) is 10. The van der Waals surface area contributed by atoms with Crippen molar-refractivity contribution in [3.05, 3.63) is 54.1 Å². The number of nitrogens with two attached hydrogens (primary N) is 1. The SMILES string of the molecule is C=C1C[C@@H]2CC[C@@]34C[C@H]5O[C@H]6[C@@H](O3)[C@H]3O[C@H](CC[C@@H]3O[C@H]6[C@H]5O4)CC(=O)C[C@@H]3[C@@H](OC)[C@@H](C[C@H](O)CCNC(=O)OCc4ccc(NC(=O)[C@H](CCCNC(N)=O)NC(=O)[C@@H](NC)C(C)C)cc4)O[C@H]3C[C@H]3O[C@@H](CC[C@@H]1O2)C[C@@H](C)C3=C. The molecule has 10 aliphatic rings. The van der Waals surface area contributed by atoms with Crippen molar-refractivity contribution in [2.75, 3.05) is 32.6 Å². The highest BCUT2D eigenvalue weighted by atomic mass is 16.8. The van der Waals surface area contributed by atoms with E-state index in [1.165, 1.54) is 0 Å². The van der Waals surface area contributed by atoms with Gasteiger partial charge in [0.25, 0.3) is 0 Å². The number of urea groups is 1. The molecule has 12 bridgehead atoms. The van der Waals surface area contributed by atoms with Gasteiger partial charge in [-0.05, 0) is 112 Å². The Labute approximate surface area is 487 Å². The van der Waals surface area contributed by atoms with Gasteiger partial charge in [-0.3, -0.25) is 14.4 Å². The molecule has 0 radical (unpaired) electrons. The summed E-state index contributed by atoms with van der Waals surface area (Å²) in [5, 5.41) is 25.4. The number of likely N-dealkylation sites (N-methyl/N-ethyl adjacent to an activating group) is 1. The fourth-order valence-corrected chi connectivity index (χ4v) is 14.6. The zero-order valence-electron chi connectivity index (χ0n) is 48.9. The standard InChI is InChI=1S/C61H90N6O16/c1-31(2)50(63-6)58(71)67-43(9-8-21-64-59(62)72)57(70)66-36-12-10-35(11-13-36)30-75-60(73)65-22-19-37(68)27-48-51(74-7)42-26-38(69)25-40-15-17-45-52(78-40)56-55-54(80-45)53-49(81-55)29-61(82-53,83-56)20-18-41-24-33(4)44(76-41)16-14-39-23-32(3)34(5)46(77-39)28-47(42)79-48/h10-13,31-32,37,39-56,63,68H,4-5,8-9,14-30H2,1-3,6-7H3,(H,65,73)(H,66,70)(H,67,71)(H3,62,64,72)/t32-,37-,39+,40-,41+,42+,43+,44+,45+,46-,47+,48-,49-,50+,51-,52+,53+,54+,55-,56+,61+/m1/s1. The third kappa shape index (κ3) is 14.5. The van der Waals surface area contributed by atoms with Crippen LogP contribution in [0.2, 0.25) is 0 Å². The maximum Gasteiger partial charge on any atom is 0.407 e. The number of carbonyl (C=O) groups excluding carboxylic acids is 5. The van der Waals surface area contributed by atoms with Crippen molar-refractivity contribution in [2.45, 2.75) is 246 Å². The van der Waals surface area contributed by atoms with Gasteiger partial charge in [-0.2, -0.15) is 0 Å². The molecule has 83 heavy (non-hydrogen) atoms. The van der Waals surface area contributed by atoms with Crippen molar-refractivity contribution in [3.8, 4) is 0 Å². The van der Waals surface area contributed by atoms with E-state index in [9.17, 15) is 29.1 Å². The first-order valence-corrected chi connectivity index (χ1v) is 30.5. The highest BCUT2D eigenvalue weighted by Crippen LogP contribution is 2.54. The minimum Gasteiger partial charge on any atom is -0.445 e. The van der Waals surface area contributed by atoms with E-state index in [1.807, 2.05) is 13.8 Å². The first-order chi connectivity index (χ1) is 39.9. The van der Waals surface area contributed by atoms with Crippen LogP contribution in [0.5, 0.6) is 0 Å². The molecular weight excluding hydrogens is 1070 g/mol. The first-order valence-electron chi connectivity index (χ1n) is 30.5.